The molecule has 0 unspecified atom stereocenters. The number of hydrogen-bond donors (Lipinski definition) is 0. The van der Waals surface area contributed by atoms with Crippen molar-refractivity contribution >= 4 is 54.4 Å². The molecule has 10 aromatic rings. The Balaban J connectivity index is 1.12. The van der Waals surface area contributed by atoms with Gasteiger partial charge in [-0.25, -0.2) is 15.0 Å². The molecule has 0 atom stereocenters. The van der Waals surface area contributed by atoms with Gasteiger partial charge in [-0.1, -0.05) is 127 Å². The lowest BCUT2D eigenvalue weighted by molar-refractivity contribution is 1.08. The first-order chi connectivity index (χ1) is 24.3. The summed E-state index contributed by atoms with van der Waals surface area (Å²) in [4.78, 5) is 15.4. The van der Waals surface area contributed by atoms with E-state index in [9.17, 15) is 0 Å². The van der Waals surface area contributed by atoms with Gasteiger partial charge >= 0.3 is 0 Å². The van der Waals surface area contributed by atoms with Gasteiger partial charge < -0.3 is 0 Å². The molecule has 0 fully saturated rings. The van der Waals surface area contributed by atoms with Gasteiger partial charge in [-0.15, -0.1) is 0 Å². The topological polar surface area (TPSA) is 43.6 Å². The number of fused-ring (bicyclic) bond motifs is 8. The van der Waals surface area contributed by atoms with E-state index in [4.69, 9.17) is 15.0 Å². The molecule has 0 saturated heterocycles. The van der Waals surface area contributed by atoms with Crippen LogP contribution in [0, 0.1) is 0 Å². The minimum atomic E-state index is 0.848. The van der Waals surface area contributed by atoms with Crippen LogP contribution >= 0.6 is 0 Å². The van der Waals surface area contributed by atoms with Gasteiger partial charge in [-0.05, 0) is 63.5 Å². The standard InChI is InChI=1S/C45H28N4/c1-3-13-31(14-4-1)44-45(32-15-5-2-6-16-32)48-38-27-33(19-23-37(38)47-44)34-22-26-41(46-28-34)49-39-24-20-29-11-7-9-17-35(29)42(39)43-36-18-10-8-12-30(36)21-25-40(43)49/h1-28H. The lowest BCUT2D eigenvalue weighted by atomic mass is 10.00. The van der Waals surface area contributed by atoms with E-state index in [0.29, 0.717) is 0 Å². The Morgan fingerprint density at radius 2 is 0.918 bits per heavy atom. The SMILES string of the molecule is c1ccc(-c2nc3ccc(-c4ccc(-n5c6ccc7ccccc7c6c6c7ccccc7ccc65)nc4)cc3nc2-c2ccccc2)cc1. The normalized spacial score (nSPS) is 11.7. The average molecular weight is 625 g/mol. The van der Waals surface area contributed by atoms with Crippen molar-refractivity contribution in [3.8, 4) is 39.5 Å². The van der Waals surface area contributed by atoms with Crippen molar-refractivity contribution in [1.29, 1.82) is 0 Å². The van der Waals surface area contributed by atoms with Crippen molar-refractivity contribution in [3.05, 3.63) is 170 Å². The number of rotatable bonds is 4. The highest BCUT2D eigenvalue weighted by molar-refractivity contribution is 6.28. The van der Waals surface area contributed by atoms with Crippen LogP contribution in [-0.2, 0) is 0 Å². The van der Waals surface area contributed by atoms with Crippen molar-refractivity contribution in [1.82, 2.24) is 19.5 Å². The van der Waals surface area contributed by atoms with E-state index in [-0.39, 0.29) is 0 Å². The lowest BCUT2D eigenvalue weighted by Crippen LogP contribution is -1.98. The van der Waals surface area contributed by atoms with Crippen molar-refractivity contribution in [3.63, 3.8) is 0 Å². The molecule has 7 aromatic carbocycles. The molecule has 4 nitrogen and oxygen atoms in total. The van der Waals surface area contributed by atoms with Crippen LogP contribution in [0.25, 0.3) is 93.8 Å². The molecule has 10 rings (SSSR count). The number of nitrogens with zero attached hydrogens (tertiary/aromatic N) is 4. The lowest BCUT2D eigenvalue weighted by Gasteiger charge is -2.12. The van der Waals surface area contributed by atoms with E-state index >= 15 is 0 Å². The summed E-state index contributed by atoms with van der Waals surface area (Å²) in [7, 11) is 0. The maximum Gasteiger partial charge on any atom is 0.137 e. The highest BCUT2D eigenvalue weighted by atomic mass is 15.1. The Morgan fingerprint density at radius 1 is 0.388 bits per heavy atom. The predicted octanol–water partition coefficient (Wildman–Crippen LogP) is 11.4. The number of hydrogen-bond acceptors (Lipinski definition) is 3. The first kappa shape index (κ1) is 27.5. The molecular weight excluding hydrogens is 597 g/mol. The van der Waals surface area contributed by atoms with Crippen LogP contribution < -0.4 is 0 Å². The van der Waals surface area contributed by atoms with Crippen LogP contribution in [0.3, 0.4) is 0 Å². The van der Waals surface area contributed by atoms with Crippen molar-refractivity contribution in [2.75, 3.05) is 0 Å². The molecule has 0 spiro atoms. The number of pyridine rings is 1. The summed E-state index contributed by atoms with van der Waals surface area (Å²) in [6.07, 6.45) is 1.97. The Bertz CT molecular complexity index is 2760. The van der Waals surface area contributed by atoms with Crippen LogP contribution in [0.2, 0.25) is 0 Å². The second kappa shape index (κ2) is 11.0. The Kier molecular flexibility index (Phi) is 6.15. The molecule has 0 N–H and O–H groups in total. The molecular formula is C45H28N4. The van der Waals surface area contributed by atoms with E-state index in [1.807, 2.05) is 42.6 Å². The molecule has 0 amide bonds. The van der Waals surface area contributed by atoms with Gasteiger partial charge in [-0.3, -0.25) is 4.57 Å². The molecule has 0 radical (unpaired) electrons. The van der Waals surface area contributed by atoms with Crippen molar-refractivity contribution in [2.24, 2.45) is 0 Å². The molecule has 3 aromatic heterocycles. The van der Waals surface area contributed by atoms with Gasteiger partial charge in [0.2, 0.25) is 0 Å². The fraction of sp³-hybridized carbons (Fsp3) is 0. The predicted molar refractivity (Wildman–Crippen MR) is 203 cm³/mol. The van der Waals surface area contributed by atoms with Crippen molar-refractivity contribution in [2.45, 2.75) is 0 Å². The molecule has 0 aliphatic heterocycles. The highest BCUT2D eigenvalue weighted by Crippen LogP contribution is 2.40. The maximum absolute atomic E-state index is 5.20. The number of aromatic nitrogens is 4. The van der Waals surface area contributed by atoms with Gasteiger partial charge in [0.05, 0.1) is 33.5 Å². The zero-order valence-electron chi connectivity index (χ0n) is 26.5. The molecule has 49 heavy (non-hydrogen) atoms. The summed E-state index contributed by atoms with van der Waals surface area (Å²) in [6.45, 7) is 0. The summed E-state index contributed by atoms with van der Waals surface area (Å²) in [5.74, 6) is 0.883. The summed E-state index contributed by atoms with van der Waals surface area (Å²) >= 11 is 0. The van der Waals surface area contributed by atoms with Gasteiger partial charge in [0, 0.05) is 33.7 Å². The summed E-state index contributed by atoms with van der Waals surface area (Å²) in [5, 5.41) is 7.48. The van der Waals surface area contributed by atoms with E-state index in [2.05, 4.69) is 132 Å². The number of benzene rings is 7. The van der Waals surface area contributed by atoms with E-state index in [1.54, 1.807) is 0 Å². The fourth-order valence-electron chi connectivity index (χ4n) is 7.31. The largest absolute Gasteiger partial charge is 0.294 e. The quantitative estimate of drug-likeness (QED) is 0.196. The molecule has 0 saturated carbocycles. The average Bonchev–Trinajstić information content (AvgIpc) is 3.53. The van der Waals surface area contributed by atoms with Crippen LogP contribution in [-0.4, -0.2) is 19.5 Å². The fourth-order valence-corrected chi connectivity index (χ4v) is 7.31. The monoisotopic (exact) mass is 624 g/mol. The minimum absolute atomic E-state index is 0.848. The van der Waals surface area contributed by atoms with Crippen LogP contribution in [0.5, 0.6) is 0 Å². The summed E-state index contributed by atoms with van der Waals surface area (Å²) in [6, 6.07) is 57.4. The first-order valence-corrected chi connectivity index (χ1v) is 16.5. The third-order valence-electron chi connectivity index (χ3n) is 9.61. The Hall–Kier alpha value is -6.65. The molecule has 4 heteroatoms. The second-order valence-corrected chi connectivity index (χ2v) is 12.5. The van der Waals surface area contributed by atoms with Gasteiger partial charge in [-0.2, -0.15) is 0 Å². The summed E-state index contributed by atoms with van der Waals surface area (Å²) in [5.41, 5.74) is 9.91. The van der Waals surface area contributed by atoms with Crippen molar-refractivity contribution < 1.29 is 0 Å². The molecule has 0 bridgehead atoms. The molecule has 3 heterocycles. The first-order valence-electron chi connectivity index (χ1n) is 16.5. The van der Waals surface area contributed by atoms with Gasteiger partial charge in [0.15, 0.2) is 0 Å². The molecule has 0 aliphatic rings. The highest BCUT2D eigenvalue weighted by Gasteiger charge is 2.18. The second-order valence-electron chi connectivity index (χ2n) is 12.5. The third kappa shape index (κ3) is 4.42. The van der Waals surface area contributed by atoms with Gasteiger partial charge in [0.25, 0.3) is 0 Å². The Morgan fingerprint density at radius 3 is 1.49 bits per heavy atom. The smallest absolute Gasteiger partial charge is 0.137 e. The van der Waals surface area contributed by atoms with Gasteiger partial charge in [0.1, 0.15) is 5.82 Å². The minimum Gasteiger partial charge on any atom is -0.294 e. The third-order valence-corrected chi connectivity index (χ3v) is 9.61. The molecule has 0 aliphatic carbocycles. The maximum atomic E-state index is 5.20. The van der Waals surface area contributed by atoms with Crippen LogP contribution in [0.1, 0.15) is 0 Å². The zero-order valence-corrected chi connectivity index (χ0v) is 26.5. The zero-order chi connectivity index (χ0) is 32.3. The van der Waals surface area contributed by atoms with E-state index in [1.165, 1.54) is 32.3 Å². The molecule has 228 valence electrons. The van der Waals surface area contributed by atoms with Crippen LogP contribution in [0.15, 0.2) is 170 Å². The van der Waals surface area contributed by atoms with Crippen LogP contribution in [0.4, 0.5) is 0 Å². The Labute approximate surface area is 282 Å². The van der Waals surface area contributed by atoms with E-state index < -0.39 is 0 Å². The summed E-state index contributed by atoms with van der Waals surface area (Å²) < 4.78 is 2.30. The van der Waals surface area contributed by atoms with E-state index in [0.717, 1.165) is 61.5 Å².